The van der Waals surface area contributed by atoms with Crippen LogP contribution in [0.25, 0.3) is 0 Å². The van der Waals surface area contributed by atoms with Crippen LogP contribution in [0.4, 0.5) is 5.82 Å². The van der Waals surface area contributed by atoms with Gasteiger partial charge in [0.15, 0.2) is 0 Å². The number of carboxylic acid groups (broad SMARTS) is 1. The van der Waals surface area contributed by atoms with E-state index in [9.17, 15) is 4.79 Å². The van der Waals surface area contributed by atoms with Crippen LogP contribution in [0.1, 0.15) is 26.0 Å². The maximum absolute atomic E-state index is 10.9. The van der Waals surface area contributed by atoms with Crippen LogP contribution >= 0.6 is 0 Å². The van der Waals surface area contributed by atoms with Crippen LogP contribution in [0, 0.1) is 11.8 Å². The monoisotopic (exact) mass is 249 g/mol. The molecular weight excluding hydrogens is 230 g/mol. The Morgan fingerprint density at radius 3 is 2.89 bits per heavy atom. The van der Waals surface area contributed by atoms with Crippen LogP contribution in [0.2, 0.25) is 0 Å². The molecule has 1 unspecified atom stereocenters. The van der Waals surface area contributed by atoms with E-state index in [2.05, 4.69) is 21.8 Å². The number of aromatic nitrogens is 2. The quantitative estimate of drug-likeness (QED) is 0.858. The number of carbonyl (C=O) groups is 1. The Morgan fingerprint density at radius 2 is 2.28 bits per heavy atom. The minimum atomic E-state index is -0.714. The van der Waals surface area contributed by atoms with E-state index in [-0.39, 0.29) is 11.8 Å². The number of aryl methyl sites for hydroxylation is 1. The van der Waals surface area contributed by atoms with Crippen LogP contribution in [-0.2, 0) is 11.2 Å². The van der Waals surface area contributed by atoms with E-state index in [0.717, 1.165) is 37.4 Å². The molecule has 2 heterocycles. The molecule has 0 aromatic carbocycles. The summed E-state index contributed by atoms with van der Waals surface area (Å²) in [6, 6.07) is 2.01. The Morgan fingerprint density at radius 1 is 1.56 bits per heavy atom. The second-order valence-electron chi connectivity index (χ2n) is 4.91. The van der Waals surface area contributed by atoms with Gasteiger partial charge in [0.05, 0.1) is 5.92 Å². The fraction of sp³-hybridized carbons (Fsp3) is 0.615. The lowest BCUT2D eigenvalue weighted by molar-refractivity contribution is -0.143. The summed E-state index contributed by atoms with van der Waals surface area (Å²) in [5, 5.41) is 8.94. The summed E-state index contributed by atoms with van der Waals surface area (Å²) < 4.78 is 0. The summed E-state index contributed by atoms with van der Waals surface area (Å²) >= 11 is 0. The van der Waals surface area contributed by atoms with Gasteiger partial charge in [-0.25, -0.2) is 9.97 Å². The van der Waals surface area contributed by atoms with Crippen molar-refractivity contribution in [2.75, 3.05) is 18.0 Å². The SMILES string of the molecule is CCCc1cc(N2CC(C(C)C(=O)O)C2)ncn1. The topological polar surface area (TPSA) is 66.3 Å². The van der Waals surface area contributed by atoms with Crippen molar-refractivity contribution in [2.24, 2.45) is 11.8 Å². The van der Waals surface area contributed by atoms with E-state index < -0.39 is 5.97 Å². The van der Waals surface area contributed by atoms with Gasteiger partial charge in [-0.05, 0) is 6.42 Å². The third-order valence-electron chi connectivity index (χ3n) is 3.55. The number of rotatable bonds is 5. The van der Waals surface area contributed by atoms with E-state index in [0.29, 0.717) is 0 Å². The minimum Gasteiger partial charge on any atom is -0.481 e. The number of nitrogens with zero attached hydrogens (tertiary/aromatic N) is 3. The molecule has 5 heteroatoms. The van der Waals surface area contributed by atoms with E-state index >= 15 is 0 Å². The van der Waals surface area contributed by atoms with Crippen LogP contribution in [-0.4, -0.2) is 34.1 Å². The number of anilines is 1. The lowest BCUT2D eigenvalue weighted by atomic mass is 9.87. The highest BCUT2D eigenvalue weighted by molar-refractivity contribution is 5.70. The van der Waals surface area contributed by atoms with Crippen molar-refractivity contribution >= 4 is 11.8 Å². The van der Waals surface area contributed by atoms with Crippen LogP contribution < -0.4 is 4.90 Å². The molecule has 0 bridgehead atoms. The van der Waals surface area contributed by atoms with Gasteiger partial charge in [0, 0.05) is 30.8 Å². The lowest BCUT2D eigenvalue weighted by Gasteiger charge is -2.42. The van der Waals surface area contributed by atoms with Crippen molar-refractivity contribution in [2.45, 2.75) is 26.7 Å². The Bertz CT molecular complexity index is 430. The average Bonchev–Trinajstić information content (AvgIpc) is 2.27. The zero-order valence-electron chi connectivity index (χ0n) is 10.8. The molecule has 1 atom stereocenters. The summed E-state index contributed by atoms with van der Waals surface area (Å²) in [4.78, 5) is 21.5. The van der Waals surface area contributed by atoms with Gasteiger partial charge < -0.3 is 10.0 Å². The molecule has 0 spiro atoms. The maximum Gasteiger partial charge on any atom is 0.306 e. The van der Waals surface area contributed by atoms with Crippen molar-refractivity contribution in [1.29, 1.82) is 0 Å². The first kappa shape index (κ1) is 12.8. The number of hydrogen-bond acceptors (Lipinski definition) is 4. The highest BCUT2D eigenvalue weighted by atomic mass is 16.4. The Labute approximate surface area is 107 Å². The molecule has 1 fully saturated rings. The fourth-order valence-electron chi connectivity index (χ4n) is 2.17. The summed E-state index contributed by atoms with van der Waals surface area (Å²) in [6.07, 6.45) is 3.61. The van der Waals surface area contributed by atoms with Crippen LogP contribution in [0.5, 0.6) is 0 Å². The molecule has 1 aromatic heterocycles. The Hall–Kier alpha value is -1.65. The van der Waals surface area contributed by atoms with Gasteiger partial charge >= 0.3 is 5.97 Å². The molecule has 98 valence electrons. The highest BCUT2D eigenvalue weighted by Crippen LogP contribution is 2.28. The van der Waals surface area contributed by atoms with E-state index in [1.54, 1.807) is 13.3 Å². The smallest absolute Gasteiger partial charge is 0.306 e. The van der Waals surface area contributed by atoms with Gasteiger partial charge in [-0.3, -0.25) is 4.79 Å². The van der Waals surface area contributed by atoms with E-state index in [1.807, 2.05) is 6.07 Å². The third kappa shape index (κ3) is 2.60. The van der Waals surface area contributed by atoms with Crippen molar-refractivity contribution in [3.05, 3.63) is 18.1 Å². The predicted molar refractivity (Wildman–Crippen MR) is 68.5 cm³/mol. The van der Waals surface area contributed by atoms with Crippen molar-refractivity contribution in [3.63, 3.8) is 0 Å². The molecule has 0 radical (unpaired) electrons. The average molecular weight is 249 g/mol. The van der Waals surface area contributed by atoms with Crippen molar-refractivity contribution in [3.8, 4) is 0 Å². The second kappa shape index (κ2) is 5.33. The molecule has 1 aromatic rings. The van der Waals surface area contributed by atoms with E-state index in [4.69, 9.17) is 5.11 Å². The van der Waals surface area contributed by atoms with Crippen molar-refractivity contribution in [1.82, 2.24) is 9.97 Å². The normalized spacial score (nSPS) is 17.3. The first-order valence-electron chi connectivity index (χ1n) is 6.40. The van der Waals surface area contributed by atoms with Gasteiger partial charge in [-0.1, -0.05) is 20.3 Å². The summed E-state index contributed by atoms with van der Waals surface area (Å²) in [5.74, 6) is 0.154. The summed E-state index contributed by atoms with van der Waals surface area (Å²) in [6.45, 7) is 5.44. The third-order valence-corrected chi connectivity index (χ3v) is 3.55. The molecule has 1 N–H and O–H groups in total. The van der Waals surface area contributed by atoms with Gasteiger partial charge in [-0.15, -0.1) is 0 Å². The highest BCUT2D eigenvalue weighted by Gasteiger charge is 2.35. The molecular formula is C13H19N3O2. The summed E-state index contributed by atoms with van der Waals surface area (Å²) in [7, 11) is 0. The van der Waals surface area contributed by atoms with Gasteiger partial charge in [-0.2, -0.15) is 0 Å². The minimum absolute atomic E-state index is 0.229. The van der Waals surface area contributed by atoms with Gasteiger partial charge in [0.1, 0.15) is 12.1 Å². The second-order valence-corrected chi connectivity index (χ2v) is 4.91. The standard InChI is InChI=1S/C13H19N3O2/c1-3-4-11-5-12(15-8-14-11)16-6-10(7-16)9(2)13(17)18/h5,8-10H,3-4,6-7H2,1-2H3,(H,17,18). The predicted octanol–water partition coefficient (Wildman–Crippen LogP) is 1.59. The number of hydrogen-bond donors (Lipinski definition) is 1. The molecule has 0 aliphatic carbocycles. The van der Waals surface area contributed by atoms with Gasteiger partial charge in [0.25, 0.3) is 0 Å². The van der Waals surface area contributed by atoms with Crippen LogP contribution in [0.3, 0.4) is 0 Å². The zero-order chi connectivity index (χ0) is 13.1. The number of carboxylic acids is 1. The molecule has 1 saturated heterocycles. The molecule has 1 aliphatic heterocycles. The molecule has 5 nitrogen and oxygen atoms in total. The largest absolute Gasteiger partial charge is 0.481 e. The molecule has 18 heavy (non-hydrogen) atoms. The van der Waals surface area contributed by atoms with Crippen LogP contribution in [0.15, 0.2) is 12.4 Å². The zero-order valence-corrected chi connectivity index (χ0v) is 10.8. The van der Waals surface area contributed by atoms with E-state index in [1.165, 1.54) is 0 Å². The molecule has 0 amide bonds. The Balaban J connectivity index is 1.95. The fourth-order valence-corrected chi connectivity index (χ4v) is 2.17. The molecule has 2 rings (SSSR count). The lowest BCUT2D eigenvalue weighted by Crippen LogP contribution is -2.51. The Kier molecular flexibility index (Phi) is 3.79. The van der Waals surface area contributed by atoms with Crippen molar-refractivity contribution < 1.29 is 9.90 Å². The maximum atomic E-state index is 10.9. The summed E-state index contributed by atoms with van der Waals surface area (Å²) in [5.41, 5.74) is 1.05. The first-order chi connectivity index (χ1) is 8.61. The molecule has 0 saturated carbocycles. The first-order valence-corrected chi connectivity index (χ1v) is 6.40. The van der Waals surface area contributed by atoms with Gasteiger partial charge in [0.2, 0.25) is 0 Å². The number of aliphatic carboxylic acids is 1. The molecule has 1 aliphatic rings.